The summed E-state index contributed by atoms with van der Waals surface area (Å²) in [6.07, 6.45) is 1.15. The lowest BCUT2D eigenvalue weighted by Gasteiger charge is -2.25. The first-order valence-corrected chi connectivity index (χ1v) is 7.12. The van der Waals surface area contributed by atoms with Gasteiger partial charge in [-0.25, -0.2) is 0 Å². The van der Waals surface area contributed by atoms with Crippen LogP contribution in [0.25, 0.3) is 10.6 Å². The van der Waals surface area contributed by atoms with Crippen LogP contribution in [0.1, 0.15) is 16.9 Å². The van der Waals surface area contributed by atoms with Crippen molar-refractivity contribution in [1.82, 2.24) is 10.1 Å². The van der Waals surface area contributed by atoms with Gasteiger partial charge >= 0.3 is 0 Å². The largest absolute Gasteiger partial charge is 0.374 e. The van der Waals surface area contributed by atoms with E-state index in [2.05, 4.69) is 5.16 Å². The maximum atomic E-state index is 12.4. The van der Waals surface area contributed by atoms with Crippen molar-refractivity contribution in [2.24, 2.45) is 0 Å². The molecule has 6 heteroatoms. The van der Waals surface area contributed by atoms with Crippen LogP contribution in [0.3, 0.4) is 0 Å². The minimum absolute atomic E-state index is 0.0534. The second kappa shape index (κ2) is 4.18. The first kappa shape index (κ1) is 11.2. The van der Waals surface area contributed by atoms with Gasteiger partial charge in [0.15, 0.2) is 11.5 Å². The molecular weight excluding hydrogens is 264 g/mol. The lowest BCUT2D eigenvalue weighted by Crippen LogP contribution is -2.41. The predicted octanol–water partition coefficient (Wildman–Crippen LogP) is 2.02. The third-order valence-corrected chi connectivity index (χ3v) is 4.54. The molecule has 2 atom stereocenters. The summed E-state index contributed by atoms with van der Waals surface area (Å²) < 4.78 is 10.7. The summed E-state index contributed by atoms with van der Waals surface area (Å²) in [7, 11) is 0. The van der Waals surface area contributed by atoms with Gasteiger partial charge in [0.2, 0.25) is 0 Å². The summed E-state index contributed by atoms with van der Waals surface area (Å²) >= 11 is 1.57. The fourth-order valence-electron chi connectivity index (χ4n) is 2.71. The molecule has 0 aliphatic carbocycles. The second-order valence-corrected chi connectivity index (χ2v) is 5.80. The number of likely N-dealkylation sites (tertiary alicyclic amines) is 1. The summed E-state index contributed by atoms with van der Waals surface area (Å²) in [6.45, 7) is 1.32. The Morgan fingerprint density at radius 2 is 2.47 bits per heavy atom. The van der Waals surface area contributed by atoms with Gasteiger partial charge in [0, 0.05) is 12.6 Å². The molecule has 98 valence electrons. The number of carbonyl (C=O) groups excluding carboxylic acids is 1. The van der Waals surface area contributed by atoms with E-state index in [9.17, 15) is 4.79 Å². The average Bonchev–Trinajstić information content (AvgIpc) is 3.18. The van der Waals surface area contributed by atoms with Gasteiger partial charge in [0.05, 0.1) is 23.6 Å². The van der Waals surface area contributed by atoms with Crippen LogP contribution in [-0.4, -0.2) is 41.3 Å². The van der Waals surface area contributed by atoms with Crippen molar-refractivity contribution in [2.75, 3.05) is 13.2 Å². The number of hydrogen-bond donors (Lipinski definition) is 0. The monoisotopic (exact) mass is 276 g/mol. The Hall–Kier alpha value is -1.66. The van der Waals surface area contributed by atoms with E-state index >= 15 is 0 Å². The van der Waals surface area contributed by atoms with Gasteiger partial charge < -0.3 is 14.2 Å². The van der Waals surface area contributed by atoms with Crippen LogP contribution < -0.4 is 0 Å². The van der Waals surface area contributed by atoms with Crippen molar-refractivity contribution in [3.8, 4) is 10.6 Å². The van der Waals surface area contributed by atoms with Crippen LogP contribution in [0.4, 0.5) is 0 Å². The highest BCUT2D eigenvalue weighted by Gasteiger charge is 2.42. The Morgan fingerprint density at radius 3 is 3.16 bits per heavy atom. The predicted molar refractivity (Wildman–Crippen MR) is 69.0 cm³/mol. The average molecular weight is 276 g/mol. The van der Waals surface area contributed by atoms with Crippen molar-refractivity contribution in [3.63, 3.8) is 0 Å². The quantitative estimate of drug-likeness (QED) is 0.842. The first-order valence-electron chi connectivity index (χ1n) is 6.24. The molecule has 2 fully saturated rings. The van der Waals surface area contributed by atoms with Crippen molar-refractivity contribution >= 4 is 17.2 Å². The zero-order valence-corrected chi connectivity index (χ0v) is 10.9. The zero-order chi connectivity index (χ0) is 12.8. The van der Waals surface area contributed by atoms with Gasteiger partial charge in [-0.05, 0) is 17.9 Å². The molecule has 2 saturated heterocycles. The molecule has 2 aliphatic rings. The summed E-state index contributed by atoms with van der Waals surface area (Å²) in [5.74, 6) is 0.598. The van der Waals surface area contributed by atoms with Gasteiger partial charge in [-0.2, -0.15) is 0 Å². The number of hydrogen-bond acceptors (Lipinski definition) is 5. The third-order valence-electron chi connectivity index (χ3n) is 3.65. The smallest absolute Gasteiger partial charge is 0.276 e. The second-order valence-electron chi connectivity index (χ2n) is 4.86. The molecule has 2 aromatic rings. The molecule has 2 aromatic heterocycles. The van der Waals surface area contributed by atoms with Crippen LogP contribution in [0.15, 0.2) is 28.1 Å². The van der Waals surface area contributed by atoms with Gasteiger partial charge in [0.25, 0.3) is 5.91 Å². The van der Waals surface area contributed by atoms with Crippen molar-refractivity contribution in [2.45, 2.75) is 18.6 Å². The standard InChI is InChI=1S/C13H12N2O3S/c16-13(15-6-9-4-8(15)7-17-9)10-5-11(18-14-10)12-2-1-3-19-12/h1-3,5,8-9H,4,6-7H2. The molecular formula is C13H12N2O3S. The molecule has 0 aromatic carbocycles. The topological polar surface area (TPSA) is 55.6 Å². The lowest BCUT2D eigenvalue weighted by atomic mass is 10.2. The van der Waals surface area contributed by atoms with E-state index in [1.807, 2.05) is 22.4 Å². The number of carbonyl (C=O) groups is 1. The summed E-state index contributed by atoms with van der Waals surface area (Å²) in [4.78, 5) is 15.2. The molecule has 5 nitrogen and oxygen atoms in total. The SMILES string of the molecule is O=C(c1cc(-c2cccs2)on1)N1CC2CC1CO2. The molecule has 0 spiro atoms. The van der Waals surface area contributed by atoms with E-state index in [4.69, 9.17) is 9.26 Å². The molecule has 4 rings (SSSR count). The van der Waals surface area contributed by atoms with Crippen LogP contribution in [-0.2, 0) is 4.74 Å². The van der Waals surface area contributed by atoms with E-state index in [0.29, 0.717) is 24.6 Å². The summed E-state index contributed by atoms with van der Waals surface area (Å²) in [6, 6.07) is 5.83. The number of ether oxygens (including phenoxy) is 1. The maximum Gasteiger partial charge on any atom is 0.276 e. The third kappa shape index (κ3) is 1.79. The minimum Gasteiger partial charge on any atom is -0.374 e. The van der Waals surface area contributed by atoms with E-state index in [1.54, 1.807) is 17.4 Å². The van der Waals surface area contributed by atoms with E-state index in [-0.39, 0.29) is 18.1 Å². The van der Waals surface area contributed by atoms with Crippen molar-refractivity contribution in [3.05, 3.63) is 29.3 Å². The van der Waals surface area contributed by atoms with Gasteiger partial charge in [-0.15, -0.1) is 11.3 Å². The fraction of sp³-hybridized carbons (Fsp3) is 0.385. The van der Waals surface area contributed by atoms with Crippen LogP contribution in [0.2, 0.25) is 0 Å². The highest BCUT2D eigenvalue weighted by Crippen LogP contribution is 2.30. The minimum atomic E-state index is -0.0534. The molecule has 0 radical (unpaired) electrons. The number of aromatic nitrogens is 1. The normalized spacial score (nSPS) is 25.2. The van der Waals surface area contributed by atoms with Crippen molar-refractivity contribution in [1.29, 1.82) is 0 Å². The Labute approximate surface area is 113 Å². The number of nitrogens with zero attached hydrogens (tertiary/aromatic N) is 2. The number of fused-ring (bicyclic) bond motifs is 2. The number of morpholine rings is 1. The highest BCUT2D eigenvalue weighted by atomic mass is 32.1. The Kier molecular flexibility index (Phi) is 2.46. The van der Waals surface area contributed by atoms with Crippen molar-refractivity contribution < 1.29 is 14.1 Å². The van der Waals surface area contributed by atoms with E-state index in [1.165, 1.54) is 0 Å². The molecule has 2 bridgehead atoms. The molecule has 4 heterocycles. The molecule has 0 saturated carbocycles. The van der Waals surface area contributed by atoms with Crippen LogP contribution >= 0.6 is 11.3 Å². The molecule has 1 amide bonds. The zero-order valence-electron chi connectivity index (χ0n) is 10.1. The van der Waals surface area contributed by atoms with Crippen LogP contribution in [0.5, 0.6) is 0 Å². The summed E-state index contributed by atoms with van der Waals surface area (Å²) in [5.41, 5.74) is 0.385. The maximum absolute atomic E-state index is 12.4. The highest BCUT2D eigenvalue weighted by molar-refractivity contribution is 7.13. The van der Waals surface area contributed by atoms with Crippen LogP contribution in [0, 0.1) is 0 Å². The summed E-state index contributed by atoms with van der Waals surface area (Å²) in [5, 5.41) is 5.87. The van der Waals surface area contributed by atoms with E-state index in [0.717, 1.165) is 11.3 Å². The van der Waals surface area contributed by atoms with Gasteiger partial charge in [-0.3, -0.25) is 4.79 Å². The Morgan fingerprint density at radius 1 is 1.53 bits per heavy atom. The van der Waals surface area contributed by atoms with E-state index < -0.39 is 0 Å². The molecule has 19 heavy (non-hydrogen) atoms. The number of amides is 1. The number of thiophene rings is 1. The lowest BCUT2D eigenvalue weighted by molar-refractivity contribution is 0.0253. The number of rotatable bonds is 2. The Bertz CT molecular complexity index is 607. The molecule has 0 N–H and O–H groups in total. The Balaban J connectivity index is 1.58. The molecule has 2 aliphatic heterocycles. The van der Waals surface area contributed by atoms with Gasteiger partial charge in [0.1, 0.15) is 0 Å². The van der Waals surface area contributed by atoms with Gasteiger partial charge in [-0.1, -0.05) is 11.2 Å². The first-order chi connectivity index (χ1) is 9.31. The molecule has 2 unspecified atom stereocenters. The fourth-order valence-corrected chi connectivity index (χ4v) is 3.38.